The number of allylic oxidation sites excluding steroid dienone is 2. The Morgan fingerprint density at radius 1 is 1.00 bits per heavy atom. The second kappa shape index (κ2) is 12.1. The zero-order valence-electron chi connectivity index (χ0n) is 16.1. The van der Waals surface area contributed by atoms with Crippen LogP contribution in [-0.2, 0) is 6.54 Å². The third kappa shape index (κ3) is 8.17. The molecule has 0 saturated carbocycles. The summed E-state index contributed by atoms with van der Waals surface area (Å²) in [5.74, 6) is 0.927. The van der Waals surface area contributed by atoms with Crippen LogP contribution >= 0.6 is 0 Å². The maximum Gasteiger partial charge on any atom is 0.121 e. The van der Waals surface area contributed by atoms with E-state index >= 15 is 0 Å². The quantitative estimate of drug-likeness (QED) is 0.605. The van der Waals surface area contributed by atoms with Gasteiger partial charge >= 0.3 is 0 Å². The highest BCUT2D eigenvalue weighted by atomic mass is 16.5. The maximum absolute atomic E-state index is 5.40. The van der Waals surface area contributed by atoms with E-state index in [1.165, 1.54) is 22.3 Å². The molecule has 0 heterocycles. The Kier molecular flexibility index (Phi) is 11.0. The van der Waals surface area contributed by atoms with E-state index in [0.29, 0.717) is 6.54 Å². The number of aryl methyl sites for hydroxylation is 2. The standard InChI is InChI=1S/C15H20O.C8H11N.CH4/c1-11(2)6-7-12(3)14-8-9-15(16-5)13(4)10-14;1-7-2-4-8(6-9)5-3-7;/h8-10H,1,3,6-7H2,2,4-5H3;2-5H,6,9H2,1H3;1H4. The van der Waals surface area contributed by atoms with Crippen LogP contribution in [0.2, 0.25) is 0 Å². The fourth-order valence-electron chi connectivity index (χ4n) is 2.33. The lowest BCUT2D eigenvalue weighted by atomic mass is 9.99. The van der Waals surface area contributed by atoms with Crippen LogP contribution in [-0.4, -0.2) is 7.11 Å². The predicted molar refractivity (Wildman–Crippen MR) is 117 cm³/mol. The van der Waals surface area contributed by atoms with Crippen molar-refractivity contribution in [2.45, 2.75) is 47.6 Å². The zero-order valence-corrected chi connectivity index (χ0v) is 16.1. The lowest BCUT2D eigenvalue weighted by Crippen LogP contribution is -1.94. The molecule has 2 N–H and O–H groups in total. The van der Waals surface area contributed by atoms with Crippen molar-refractivity contribution < 1.29 is 4.74 Å². The summed E-state index contributed by atoms with van der Waals surface area (Å²) in [6.45, 7) is 14.8. The van der Waals surface area contributed by atoms with E-state index < -0.39 is 0 Å². The topological polar surface area (TPSA) is 35.2 Å². The molecule has 2 aromatic carbocycles. The molecule has 0 aliphatic carbocycles. The Morgan fingerprint density at radius 3 is 2.08 bits per heavy atom. The van der Waals surface area contributed by atoms with Gasteiger partial charge in [-0.2, -0.15) is 0 Å². The molecular weight excluding hydrogens is 318 g/mol. The summed E-state index contributed by atoms with van der Waals surface area (Å²) in [6.07, 6.45) is 1.98. The zero-order chi connectivity index (χ0) is 18.8. The number of methoxy groups -OCH3 is 1. The smallest absolute Gasteiger partial charge is 0.121 e. The Labute approximate surface area is 160 Å². The molecule has 142 valence electrons. The van der Waals surface area contributed by atoms with Crippen LogP contribution in [0.1, 0.15) is 49.4 Å². The molecule has 2 nitrogen and oxygen atoms in total. The first kappa shape index (κ1) is 23.7. The van der Waals surface area contributed by atoms with E-state index in [0.717, 1.165) is 29.7 Å². The van der Waals surface area contributed by atoms with Crippen molar-refractivity contribution in [2.75, 3.05) is 7.11 Å². The first-order valence-corrected chi connectivity index (χ1v) is 8.60. The van der Waals surface area contributed by atoms with Crippen LogP contribution in [0.4, 0.5) is 0 Å². The van der Waals surface area contributed by atoms with Gasteiger partial charge in [-0.3, -0.25) is 0 Å². The molecule has 26 heavy (non-hydrogen) atoms. The van der Waals surface area contributed by atoms with Gasteiger partial charge in [0.25, 0.3) is 0 Å². The number of rotatable bonds is 6. The van der Waals surface area contributed by atoms with E-state index in [-0.39, 0.29) is 7.43 Å². The Balaban J connectivity index is 0.000000532. The molecule has 0 aliphatic rings. The molecule has 0 radical (unpaired) electrons. The number of hydrogen-bond donors (Lipinski definition) is 1. The second-order valence-corrected chi connectivity index (χ2v) is 6.43. The normalized spacial score (nSPS) is 9.42. The summed E-state index contributed by atoms with van der Waals surface area (Å²) in [4.78, 5) is 0. The maximum atomic E-state index is 5.40. The fraction of sp³-hybridized carbons (Fsp3) is 0.333. The van der Waals surface area contributed by atoms with Gasteiger partial charge in [-0.15, -0.1) is 6.58 Å². The van der Waals surface area contributed by atoms with E-state index in [9.17, 15) is 0 Å². The van der Waals surface area contributed by atoms with Gasteiger partial charge in [0.2, 0.25) is 0 Å². The average Bonchev–Trinajstić information content (AvgIpc) is 2.60. The molecule has 0 spiro atoms. The van der Waals surface area contributed by atoms with Crippen molar-refractivity contribution in [1.29, 1.82) is 0 Å². The SMILES string of the molecule is C.C=C(C)CCC(=C)c1ccc(OC)c(C)c1.Cc1ccc(CN)cc1. The van der Waals surface area contributed by atoms with E-state index in [1.54, 1.807) is 7.11 Å². The second-order valence-electron chi connectivity index (χ2n) is 6.43. The summed E-state index contributed by atoms with van der Waals surface area (Å²) < 4.78 is 5.23. The van der Waals surface area contributed by atoms with Gasteiger partial charge in [-0.25, -0.2) is 0 Å². The fourth-order valence-corrected chi connectivity index (χ4v) is 2.33. The highest BCUT2D eigenvalue weighted by Gasteiger charge is 2.03. The Hall–Kier alpha value is -2.32. The van der Waals surface area contributed by atoms with Crippen molar-refractivity contribution in [3.05, 3.63) is 83.4 Å². The van der Waals surface area contributed by atoms with Crippen molar-refractivity contribution in [2.24, 2.45) is 5.73 Å². The lowest BCUT2D eigenvalue weighted by molar-refractivity contribution is 0.411. The number of hydrogen-bond acceptors (Lipinski definition) is 2. The summed E-state index contributed by atoms with van der Waals surface area (Å²) in [6, 6.07) is 14.4. The van der Waals surface area contributed by atoms with Gasteiger partial charge in [0.15, 0.2) is 0 Å². The van der Waals surface area contributed by atoms with Gasteiger partial charge in [0, 0.05) is 6.54 Å². The minimum atomic E-state index is 0. The first-order chi connectivity index (χ1) is 11.9. The van der Waals surface area contributed by atoms with Gasteiger partial charge in [-0.1, -0.05) is 55.5 Å². The predicted octanol–water partition coefficient (Wildman–Crippen LogP) is 6.46. The molecule has 0 aromatic heterocycles. The molecular formula is C24H35NO. The molecule has 0 bridgehead atoms. The van der Waals surface area contributed by atoms with Crippen LogP contribution in [0.5, 0.6) is 5.75 Å². The molecule has 0 aliphatic heterocycles. The highest BCUT2D eigenvalue weighted by Crippen LogP contribution is 2.25. The van der Waals surface area contributed by atoms with Crippen LogP contribution in [0.15, 0.2) is 61.2 Å². The molecule has 2 aromatic rings. The number of ether oxygens (including phenoxy) is 1. The largest absolute Gasteiger partial charge is 0.496 e. The van der Waals surface area contributed by atoms with E-state index in [2.05, 4.69) is 56.5 Å². The van der Waals surface area contributed by atoms with Crippen LogP contribution in [0, 0.1) is 13.8 Å². The van der Waals surface area contributed by atoms with Gasteiger partial charge in [0.05, 0.1) is 7.11 Å². The molecule has 0 atom stereocenters. The van der Waals surface area contributed by atoms with E-state index in [4.69, 9.17) is 10.5 Å². The molecule has 0 unspecified atom stereocenters. The van der Waals surface area contributed by atoms with Gasteiger partial charge in [-0.05, 0) is 68.0 Å². The molecule has 0 fully saturated rings. The minimum absolute atomic E-state index is 0. The van der Waals surface area contributed by atoms with Crippen molar-refractivity contribution in [1.82, 2.24) is 0 Å². The van der Waals surface area contributed by atoms with Crippen molar-refractivity contribution in [3.8, 4) is 5.75 Å². The Morgan fingerprint density at radius 2 is 1.62 bits per heavy atom. The summed E-state index contributed by atoms with van der Waals surface area (Å²) in [7, 11) is 1.69. The molecule has 2 heteroatoms. The van der Waals surface area contributed by atoms with Gasteiger partial charge < -0.3 is 10.5 Å². The van der Waals surface area contributed by atoms with Crippen LogP contribution in [0.3, 0.4) is 0 Å². The third-order valence-electron chi connectivity index (χ3n) is 4.01. The lowest BCUT2D eigenvalue weighted by Gasteiger charge is -2.09. The third-order valence-corrected chi connectivity index (χ3v) is 4.01. The first-order valence-electron chi connectivity index (χ1n) is 8.60. The van der Waals surface area contributed by atoms with Crippen molar-refractivity contribution >= 4 is 5.57 Å². The summed E-state index contributed by atoms with van der Waals surface area (Å²) in [5.41, 5.74) is 12.6. The van der Waals surface area contributed by atoms with Gasteiger partial charge in [0.1, 0.15) is 5.75 Å². The molecule has 0 amide bonds. The van der Waals surface area contributed by atoms with Crippen LogP contribution in [0.25, 0.3) is 5.57 Å². The Bertz CT molecular complexity index is 699. The minimum Gasteiger partial charge on any atom is -0.496 e. The number of benzene rings is 2. The van der Waals surface area contributed by atoms with Crippen LogP contribution < -0.4 is 10.5 Å². The summed E-state index contributed by atoms with van der Waals surface area (Å²) in [5, 5.41) is 0. The van der Waals surface area contributed by atoms with Crippen molar-refractivity contribution in [3.63, 3.8) is 0 Å². The molecule has 2 rings (SSSR count). The molecule has 0 saturated heterocycles. The summed E-state index contributed by atoms with van der Waals surface area (Å²) >= 11 is 0. The average molecular weight is 354 g/mol. The highest BCUT2D eigenvalue weighted by molar-refractivity contribution is 5.65. The van der Waals surface area contributed by atoms with E-state index in [1.807, 2.05) is 19.9 Å². The monoisotopic (exact) mass is 353 g/mol. The number of nitrogens with two attached hydrogens (primary N) is 1.